The largest absolute Gasteiger partial charge is 0.481 e. The Morgan fingerprint density at radius 1 is 1.05 bits per heavy atom. The highest BCUT2D eigenvalue weighted by molar-refractivity contribution is 5.75. The van der Waals surface area contributed by atoms with Gasteiger partial charge >= 0.3 is 17.9 Å². The van der Waals surface area contributed by atoms with Crippen LogP contribution in [-0.2, 0) is 14.4 Å². The highest BCUT2D eigenvalue weighted by Gasteiger charge is 2.18. The zero-order valence-corrected chi connectivity index (χ0v) is 11.0. The molecule has 2 unspecified atom stereocenters. The van der Waals surface area contributed by atoms with Crippen LogP contribution in [0.4, 0.5) is 0 Å². The first kappa shape index (κ1) is 17.4. The van der Waals surface area contributed by atoms with E-state index in [-0.39, 0.29) is 12.8 Å². The van der Waals surface area contributed by atoms with Gasteiger partial charge in [0.1, 0.15) is 6.04 Å². The zero-order chi connectivity index (χ0) is 14.8. The molecule has 0 amide bonds. The lowest BCUT2D eigenvalue weighted by atomic mass is 10.0. The van der Waals surface area contributed by atoms with Crippen molar-refractivity contribution in [1.29, 1.82) is 0 Å². The Bertz CT molecular complexity index is 317. The summed E-state index contributed by atoms with van der Waals surface area (Å²) in [6, 6.07) is -0.902. The molecular weight excluding hydrogens is 254 g/mol. The van der Waals surface area contributed by atoms with Gasteiger partial charge in [0.05, 0.1) is 5.92 Å². The number of hydrogen-bond acceptors (Lipinski definition) is 4. The van der Waals surface area contributed by atoms with Crippen LogP contribution in [0.2, 0.25) is 0 Å². The van der Waals surface area contributed by atoms with Gasteiger partial charge in [0.2, 0.25) is 0 Å². The number of carboxylic acid groups (broad SMARTS) is 3. The summed E-state index contributed by atoms with van der Waals surface area (Å²) in [5.74, 6) is -3.39. The van der Waals surface area contributed by atoms with Gasteiger partial charge in [0.25, 0.3) is 0 Å². The minimum atomic E-state index is -1.09. The molecule has 7 nitrogen and oxygen atoms in total. The van der Waals surface area contributed by atoms with E-state index in [9.17, 15) is 14.4 Å². The molecule has 0 aromatic carbocycles. The normalized spacial score (nSPS) is 13.7. The van der Waals surface area contributed by atoms with E-state index in [0.717, 1.165) is 0 Å². The third-order valence-electron chi connectivity index (χ3n) is 2.91. The molecule has 4 N–H and O–H groups in total. The highest BCUT2D eigenvalue weighted by Crippen LogP contribution is 2.10. The van der Waals surface area contributed by atoms with Gasteiger partial charge in [0, 0.05) is 6.42 Å². The van der Waals surface area contributed by atoms with Crippen LogP contribution in [0, 0.1) is 5.92 Å². The maximum Gasteiger partial charge on any atom is 0.320 e. The van der Waals surface area contributed by atoms with E-state index in [4.69, 9.17) is 15.3 Å². The molecule has 0 fully saturated rings. The molecule has 110 valence electrons. The van der Waals surface area contributed by atoms with Crippen molar-refractivity contribution < 1.29 is 29.7 Å². The molecule has 0 saturated heterocycles. The Morgan fingerprint density at radius 3 is 2.11 bits per heavy atom. The van der Waals surface area contributed by atoms with E-state index in [2.05, 4.69) is 5.32 Å². The summed E-state index contributed by atoms with van der Waals surface area (Å²) < 4.78 is 0. The summed E-state index contributed by atoms with van der Waals surface area (Å²) in [6.07, 6.45) is 1.36. The predicted molar refractivity (Wildman–Crippen MR) is 66.9 cm³/mol. The van der Waals surface area contributed by atoms with Gasteiger partial charge in [0.15, 0.2) is 0 Å². The number of rotatable bonds is 11. The first-order valence-electron chi connectivity index (χ1n) is 6.29. The van der Waals surface area contributed by atoms with Crippen molar-refractivity contribution in [2.24, 2.45) is 5.92 Å². The van der Waals surface area contributed by atoms with Gasteiger partial charge in [-0.05, 0) is 32.2 Å². The van der Waals surface area contributed by atoms with E-state index in [1.165, 1.54) is 0 Å². The lowest BCUT2D eigenvalue weighted by molar-refractivity contribution is -0.143. The Labute approximate surface area is 111 Å². The van der Waals surface area contributed by atoms with Crippen molar-refractivity contribution in [2.75, 3.05) is 6.54 Å². The Balaban J connectivity index is 3.96. The molecule has 0 rings (SSSR count). The molecule has 0 saturated carbocycles. The molecule has 0 aromatic heterocycles. The molecule has 0 aliphatic heterocycles. The van der Waals surface area contributed by atoms with Crippen molar-refractivity contribution in [2.45, 2.75) is 45.1 Å². The topological polar surface area (TPSA) is 124 Å². The average molecular weight is 275 g/mol. The third kappa shape index (κ3) is 8.15. The summed E-state index contributed by atoms with van der Waals surface area (Å²) in [5.41, 5.74) is 0. The monoisotopic (exact) mass is 275 g/mol. The summed E-state index contributed by atoms with van der Waals surface area (Å²) in [5, 5.41) is 28.9. The van der Waals surface area contributed by atoms with Crippen LogP contribution in [0.3, 0.4) is 0 Å². The van der Waals surface area contributed by atoms with Crippen LogP contribution >= 0.6 is 0 Å². The Kier molecular flexibility index (Phi) is 8.52. The molecule has 2 atom stereocenters. The minimum Gasteiger partial charge on any atom is -0.481 e. The zero-order valence-electron chi connectivity index (χ0n) is 11.0. The van der Waals surface area contributed by atoms with Gasteiger partial charge in [-0.2, -0.15) is 0 Å². The molecule has 0 spiro atoms. The molecule has 0 bridgehead atoms. The quantitative estimate of drug-likeness (QED) is 0.411. The molecule has 0 aliphatic rings. The van der Waals surface area contributed by atoms with Crippen LogP contribution in [-0.4, -0.2) is 45.8 Å². The van der Waals surface area contributed by atoms with Crippen LogP contribution in [0.1, 0.15) is 39.0 Å². The van der Waals surface area contributed by atoms with Crippen LogP contribution < -0.4 is 5.32 Å². The molecule has 0 aromatic rings. The summed E-state index contributed by atoms with van der Waals surface area (Å²) in [7, 11) is 0. The summed E-state index contributed by atoms with van der Waals surface area (Å²) in [6.45, 7) is 2.15. The molecule has 19 heavy (non-hydrogen) atoms. The second-order valence-corrected chi connectivity index (χ2v) is 4.36. The highest BCUT2D eigenvalue weighted by atomic mass is 16.4. The van der Waals surface area contributed by atoms with Crippen LogP contribution in [0.15, 0.2) is 0 Å². The SMILES string of the molecule is CCC(CCCNC(CCC(=O)O)C(=O)O)C(=O)O. The number of hydrogen-bond donors (Lipinski definition) is 4. The van der Waals surface area contributed by atoms with Crippen molar-refractivity contribution in [3.8, 4) is 0 Å². The van der Waals surface area contributed by atoms with Crippen molar-refractivity contribution >= 4 is 17.9 Å². The van der Waals surface area contributed by atoms with Crippen LogP contribution in [0.5, 0.6) is 0 Å². The fourth-order valence-corrected chi connectivity index (χ4v) is 1.71. The fraction of sp³-hybridized carbons (Fsp3) is 0.750. The molecule has 0 radical (unpaired) electrons. The van der Waals surface area contributed by atoms with E-state index in [1.54, 1.807) is 6.92 Å². The van der Waals surface area contributed by atoms with Gasteiger partial charge in [-0.3, -0.25) is 14.4 Å². The molecular formula is C12H21NO6. The first-order valence-corrected chi connectivity index (χ1v) is 6.29. The summed E-state index contributed by atoms with van der Waals surface area (Å²) in [4.78, 5) is 32.0. The van der Waals surface area contributed by atoms with Crippen LogP contribution in [0.25, 0.3) is 0 Å². The predicted octanol–water partition coefficient (Wildman–Crippen LogP) is 0.785. The second-order valence-electron chi connectivity index (χ2n) is 4.36. The van der Waals surface area contributed by atoms with E-state index in [1.807, 2.05) is 0 Å². The molecule has 0 aliphatic carbocycles. The third-order valence-corrected chi connectivity index (χ3v) is 2.91. The Morgan fingerprint density at radius 2 is 1.68 bits per heavy atom. The first-order chi connectivity index (χ1) is 8.88. The van der Waals surface area contributed by atoms with Crippen molar-refractivity contribution in [3.63, 3.8) is 0 Å². The fourth-order valence-electron chi connectivity index (χ4n) is 1.71. The van der Waals surface area contributed by atoms with Crippen molar-refractivity contribution in [3.05, 3.63) is 0 Å². The van der Waals surface area contributed by atoms with E-state index >= 15 is 0 Å². The van der Waals surface area contributed by atoms with Gasteiger partial charge in [-0.25, -0.2) is 0 Å². The average Bonchev–Trinajstić information content (AvgIpc) is 2.31. The maximum absolute atomic E-state index is 10.9. The minimum absolute atomic E-state index is 0.0147. The van der Waals surface area contributed by atoms with Gasteiger partial charge < -0.3 is 20.6 Å². The van der Waals surface area contributed by atoms with Gasteiger partial charge in [-0.15, -0.1) is 0 Å². The molecule has 7 heteroatoms. The van der Waals surface area contributed by atoms with Gasteiger partial charge in [-0.1, -0.05) is 6.92 Å². The molecule has 0 heterocycles. The number of carbonyl (C=O) groups is 3. The number of nitrogens with one attached hydrogen (secondary N) is 1. The number of aliphatic carboxylic acids is 3. The smallest absolute Gasteiger partial charge is 0.320 e. The van der Waals surface area contributed by atoms with Crippen molar-refractivity contribution in [1.82, 2.24) is 5.32 Å². The maximum atomic E-state index is 10.9. The number of carboxylic acids is 3. The standard InChI is InChI=1S/C12H21NO6/c1-2-8(11(16)17)4-3-7-13-9(12(18)19)5-6-10(14)15/h8-9,13H,2-7H2,1H3,(H,14,15)(H,16,17)(H,18,19). The van der Waals surface area contributed by atoms with E-state index in [0.29, 0.717) is 25.8 Å². The van der Waals surface area contributed by atoms with E-state index < -0.39 is 29.9 Å². The summed E-state index contributed by atoms with van der Waals surface area (Å²) >= 11 is 0. The lowest BCUT2D eigenvalue weighted by Gasteiger charge is -2.14. The lowest BCUT2D eigenvalue weighted by Crippen LogP contribution is -2.37. The Hall–Kier alpha value is -1.63. The second kappa shape index (κ2) is 9.32.